The van der Waals surface area contributed by atoms with Crippen molar-refractivity contribution in [1.29, 1.82) is 0 Å². The number of aromatic carboxylic acids is 2. The molecule has 1 aliphatic rings. The summed E-state index contributed by atoms with van der Waals surface area (Å²) in [6.07, 6.45) is 0.715. The Labute approximate surface area is 144 Å². The summed E-state index contributed by atoms with van der Waals surface area (Å²) in [5, 5.41) is 18.0. The molecule has 0 spiro atoms. The van der Waals surface area contributed by atoms with Gasteiger partial charge in [-0.05, 0) is 54.7 Å². The molecule has 0 heterocycles. The van der Waals surface area contributed by atoms with Crippen LogP contribution in [0.3, 0.4) is 0 Å². The van der Waals surface area contributed by atoms with Crippen molar-refractivity contribution in [3.8, 4) is 0 Å². The molecule has 0 radical (unpaired) electrons. The van der Waals surface area contributed by atoms with Crippen LogP contribution in [-0.2, 0) is 4.79 Å². The maximum absolute atomic E-state index is 11.9. The Morgan fingerprint density at radius 3 is 1.64 bits per heavy atom. The Morgan fingerprint density at radius 2 is 1.24 bits per heavy atom. The Bertz CT molecular complexity index is 820. The zero-order valence-corrected chi connectivity index (χ0v) is 13.7. The lowest BCUT2D eigenvalue weighted by molar-refractivity contribution is -0.124. The summed E-state index contributed by atoms with van der Waals surface area (Å²) in [6.45, 7) is 1.58. The molecule has 1 fully saturated rings. The minimum absolute atomic E-state index is 0.0176. The van der Waals surface area contributed by atoms with E-state index >= 15 is 0 Å². The van der Waals surface area contributed by atoms with E-state index in [1.165, 1.54) is 0 Å². The van der Waals surface area contributed by atoms with Gasteiger partial charge in [0, 0.05) is 11.8 Å². The molecule has 0 aliphatic heterocycles. The summed E-state index contributed by atoms with van der Waals surface area (Å²) in [6, 6.07) is 13.4. The maximum atomic E-state index is 11.9. The Hall–Kier alpha value is -2.95. The monoisotopic (exact) mass is 338 g/mol. The van der Waals surface area contributed by atoms with Gasteiger partial charge in [-0.15, -0.1) is 0 Å². The van der Waals surface area contributed by atoms with E-state index in [1.54, 1.807) is 55.5 Å². The van der Waals surface area contributed by atoms with E-state index in [1.807, 2.05) is 0 Å². The molecule has 25 heavy (non-hydrogen) atoms. The summed E-state index contributed by atoms with van der Waals surface area (Å²) < 4.78 is 0. The molecule has 3 rings (SSSR count). The summed E-state index contributed by atoms with van der Waals surface area (Å²) in [7, 11) is 0. The number of hydrogen-bond acceptors (Lipinski definition) is 3. The van der Waals surface area contributed by atoms with Crippen LogP contribution >= 0.6 is 0 Å². The predicted octanol–water partition coefficient (Wildman–Crippen LogP) is 3.56. The van der Waals surface area contributed by atoms with Crippen LogP contribution in [0.4, 0.5) is 0 Å². The van der Waals surface area contributed by atoms with E-state index in [9.17, 15) is 14.4 Å². The molecule has 2 aromatic rings. The van der Waals surface area contributed by atoms with Crippen LogP contribution in [0.25, 0.3) is 0 Å². The van der Waals surface area contributed by atoms with Crippen LogP contribution in [0.1, 0.15) is 57.0 Å². The molecule has 3 unspecified atom stereocenters. The number of Topliss-reactive ketones (excluding diaryl/α,β-unsaturated/α-hetero) is 1. The molecule has 0 saturated heterocycles. The summed E-state index contributed by atoms with van der Waals surface area (Å²) in [5.74, 6) is -1.83. The van der Waals surface area contributed by atoms with Gasteiger partial charge in [-0.3, -0.25) is 4.79 Å². The highest BCUT2D eigenvalue weighted by Crippen LogP contribution is 2.53. The average Bonchev–Trinajstić information content (AvgIpc) is 2.54. The molecule has 5 nitrogen and oxygen atoms in total. The van der Waals surface area contributed by atoms with Crippen molar-refractivity contribution in [3.63, 3.8) is 0 Å². The molecule has 1 aliphatic carbocycles. The molecule has 128 valence electrons. The third-order valence-electron chi connectivity index (χ3n) is 5.03. The fourth-order valence-electron chi connectivity index (χ4n) is 3.60. The van der Waals surface area contributed by atoms with Crippen molar-refractivity contribution in [2.45, 2.75) is 25.2 Å². The van der Waals surface area contributed by atoms with E-state index in [2.05, 4.69) is 0 Å². The number of carbonyl (C=O) groups excluding carboxylic acids is 1. The van der Waals surface area contributed by atoms with Crippen LogP contribution in [0, 0.1) is 5.92 Å². The summed E-state index contributed by atoms with van der Waals surface area (Å²) >= 11 is 0. The van der Waals surface area contributed by atoms with E-state index in [0.29, 0.717) is 6.42 Å². The number of hydrogen-bond donors (Lipinski definition) is 2. The van der Waals surface area contributed by atoms with E-state index in [0.717, 1.165) is 11.1 Å². The summed E-state index contributed by atoms with van der Waals surface area (Å²) in [5.41, 5.74) is 2.37. The third kappa shape index (κ3) is 3.18. The van der Waals surface area contributed by atoms with Crippen LogP contribution in [0.5, 0.6) is 0 Å². The summed E-state index contributed by atoms with van der Waals surface area (Å²) in [4.78, 5) is 33.9. The molecule has 0 bridgehead atoms. The molecule has 2 aromatic carbocycles. The lowest BCUT2D eigenvalue weighted by Gasteiger charge is -2.44. The molecule has 0 amide bonds. The highest BCUT2D eigenvalue weighted by atomic mass is 16.4. The number of benzene rings is 2. The van der Waals surface area contributed by atoms with Gasteiger partial charge in [-0.25, -0.2) is 9.59 Å². The standard InChI is InChI=1S/C20H18O5/c1-11(21)16-10-17(12-2-6-14(7-3-12)19(22)23)18(16)13-4-8-15(9-5-13)20(24)25/h2-9,16-18H,10H2,1H3,(H,22,23)(H,24,25). The Kier molecular flexibility index (Phi) is 4.40. The minimum atomic E-state index is -0.982. The second-order valence-corrected chi connectivity index (χ2v) is 6.44. The quantitative estimate of drug-likeness (QED) is 0.870. The molecule has 1 saturated carbocycles. The first-order valence-electron chi connectivity index (χ1n) is 8.05. The van der Waals surface area contributed by atoms with Crippen molar-refractivity contribution < 1.29 is 24.6 Å². The van der Waals surface area contributed by atoms with Gasteiger partial charge in [0.2, 0.25) is 0 Å². The molecular formula is C20H18O5. The lowest BCUT2D eigenvalue weighted by Crippen LogP contribution is -2.37. The van der Waals surface area contributed by atoms with Gasteiger partial charge < -0.3 is 10.2 Å². The molecular weight excluding hydrogens is 320 g/mol. The van der Waals surface area contributed by atoms with Crippen molar-refractivity contribution in [2.75, 3.05) is 0 Å². The number of carboxylic acid groups (broad SMARTS) is 2. The van der Waals surface area contributed by atoms with Gasteiger partial charge >= 0.3 is 11.9 Å². The number of ketones is 1. The van der Waals surface area contributed by atoms with E-state index in [-0.39, 0.29) is 34.7 Å². The van der Waals surface area contributed by atoms with Crippen LogP contribution in [0.2, 0.25) is 0 Å². The molecule has 2 N–H and O–H groups in total. The zero-order chi connectivity index (χ0) is 18.1. The first-order chi connectivity index (χ1) is 11.9. The first kappa shape index (κ1) is 16.9. The zero-order valence-electron chi connectivity index (χ0n) is 13.7. The van der Waals surface area contributed by atoms with Crippen molar-refractivity contribution in [1.82, 2.24) is 0 Å². The topological polar surface area (TPSA) is 91.7 Å². The maximum Gasteiger partial charge on any atom is 0.335 e. The van der Waals surface area contributed by atoms with Crippen molar-refractivity contribution in [2.24, 2.45) is 5.92 Å². The minimum Gasteiger partial charge on any atom is -0.478 e. The second kappa shape index (κ2) is 6.51. The van der Waals surface area contributed by atoms with E-state index < -0.39 is 11.9 Å². The van der Waals surface area contributed by atoms with Gasteiger partial charge in [-0.1, -0.05) is 24.3 Å². The van der Waals surface area contributed by atoms with Crippen LogP contribution in [-0.4, -0.2) is 27.9 Å². The number of carboxylic acids is 2. The van der Waals surface area contributed by atoms with Gasteiger partial charge in [0.05, 0.1) is 11.1 Å². The largest absolute Gasteiger partial charge is 0.478 e. The van der Waals surface area contributed by atoms with Crippen LogP contribution < -0.4 is 0 Å². The smallest absolute Gasteiger partial charge is 0.335 e. The molecule has 0 aromatic heterocycles. The van der Waals surface area contributed by atoms with Gasteiger partial charge in [-0.2, -0.15) is 0 Å². The van der Waals surface area contributed by atoms with E-state index in [4.69, 9.17) is 10.2 Å². The fourth-order valence-corrected chi connectivity index (χ4v) is 3.60. The SMILES string of the molecule is CC(=O)C1CC(c2ccc(C(=O)O)cc2)C1c1ccc(C(=O)O)cc1. The normalized spacial score (nSPS) is 22.0. The second-order valence-electron chi connectivity index (χ2n) is 6.44. The predicted molar refractivity (Wildman–Crippen MR) is 91.1 cm³/mol. The van der Waals surface area contributed by atoms with Crippen molar-refractivity contribution in [3.05, 3.63) is 70.8 Å². The Balaban J connectivity index is 1.90. The molecule has 5 heteroatoms. The van der Waals surface area contributed by atoms with Crippen molar-refractivity contribution >= 4 is 17.7 Å². The highest BCUT2D eigenvalue weighted by Gasteiger charge is 2.44. The number of carbonyl (C=O) groups is 3. The highest BCUT2D eigenvalue weighted by molar-refractivity contribution is 5.88. The van der Waals surface area contributed by atoms with Crippen LogP contribution in [0.15, 0.2) is 48.5 Å². The molecule has 3 atom stereocenters. The Morgan fingerprint density at radius 1 is 0.800 bits per heavy atom. The van der Waals surface area contributed by atoms with Gasteiger partial charge in [0.25, 0.3) is 0 Å². The lowest BCUT2D eigenvalue weighted by atomic mass is 9.58. The first-order valence-corrected chi connectivity index (χ1v) is 8.05. The van der Waals surface area contributed by atoms with Gasteiger partial charge in [0.1, 0.15) is 5.78 Å². The third-order valence-corrected chi connectivity index (χ3v) is 5.03. The van der Waals surface area contributed by atoms with Gasteiger partial charge in [0.15, 0.2) is 0 Å². The average molecular weight is 338 g/mol. The number of rotatable bonds is 5. The fraction of sp³-hybridized carbons (Fsp3) is 0.250.